The van der Waals surface area contributed by atoms with Crippen LogP contribution in [0.1, 0.15) is 91.3 Å². The van der Waals surface area contributed by atoms with Crippen molar-refractivity contribution in [1.29, 1.82) is 0 Å². The number of likely N-dealkylation sites (tertiary alicyclic amines) is 1. The van der Waals surface area contributed by atoms with E-state index >= 15 is 0 Å². The summed E-state index contributed by atoms with van der Waals surface area (Å²) in [6, 6.07) is 9.98. The second-order valence-corrected chi connectivity index (χ2v) is 15.2. The Morgan fingerprint density at radius 1 is 0.914 bits per heavy atom. The van der Waals surface area contributed by atoms with Gasteiger partial charge in [0.1, 0.15) is 29.7 Å². The van der Waals surface area contributed by atoms with Gasteiger partial charge in [0.2, 0.25) is 17.7 Å². The Labute approximate surface area is 329 Å². The highest BCUT2D eigenvalue weighted by atomic mass is 19.4. The molecule has 1 unspecified atom stereocenters. The van der Waals surface area contributed by atoms with Gasteiger partial charge in [0.05, 0.1) is 29.6 Å². The first-order valence-electron chi connectivity index (χ1n) is 18.9. The van der Waals surface area contributed by atoms with E-state index < -0.39 is 59.0 Å². The molecule has 1 spiro atoms. The molecule has 5 aliphatic heterocycles. The molecule has 0 radical (unpaired) electrons. The highest BCUT2D eigenvalue weighted by Gasteiger charge is 2.47. The molecule has 0 bridgehead atoms. The van der Waals surface area contributed by atoms with Gasteiger partial charge in [-0.05, 0) is 79.5 Å². The van der Waals surface area contributed by atoms with Crippen LogP contribution in [0, 0.1) is 5.41 Å². The van der Waals surface area contributed by atoms with Crippen molar-refractivity contribution in [2.24, 2.45) is 5.41 Å². The van der Waals surface area contributed by atoms with E-state index in [1.807, 2.05) is 0 Å². The fraction of sp³-hybridized carbons (Fsp3) is 0.400. The Morgan fingerprint density at radius 2 is 1.62 bits per heavy atom. The minimum Gasteiger partial charge on any atom is -0.495 e. The molecule has 7 amide bonds. The van der Waals surface area contributed by atoms with Gasteiger partial charge in [-0.3, -0.25) is 43.8 Å². The summed E-state index contributed by atoms with van der Waals surface area (Å²) in [7, 11) is 1.32. The van der Waals surface area contributed by atoms with Crippen molar-refractivity contribution in [3.8, 4) is 5.75 Å². The largest absolute Gasteiger partial charge is 0.495 e. The van der Waals surface area contributed by atoms with Gasteiger partial charge in [0.15, 0.2) is 0 Å². The number of hydrogen-bond acceptors (Lipinski definition) is 10. The molecule has 8 rings (SSSR count). The second-order valence-electron chi connectivity index (χ2n) is 15.2. The maximum atomic E-state index is 13.7. The predicted octanol–water partition coefficient (Wildman–Crippen LogP) is 3.63. The summed E-state index contributed by atoms with van der Waals surface area (Å²) >= 11 is 0. The molecule has 0 saturated carbocycles. The summed E-state index contributed by atoms with van der Waals surface area (Å²) in [6.07, 6.45) is -1.54. The number of carbonyl (C=O) groups excluding carboxylic acids is 7. The Balaban J connectivity index is 0.865. The average Bonchev–Trinajstić information content (AvgIpc) is 3.64. The molecular weight excluding hydrogens is 763 g/mol. The number of carbonyl (C=O) groups is 7. The van der Waals surface area contributed by atoms with Gasteiger partial charge in [-0.15, -0.1) is 0 Å². The number of imide groups is 2. The van der Waals surface area contributed by atoms with Crippen molar-refractivity contribution < 1.29 is 51.5 Å². The molecule has 2 aromatic carbocycles. The number of nitrogens with one attached hydrogen (secondary N) is 2. The smallest absolute Gasteiger partial charge is 0.433 e. The molecule has 5 aliphatic rings. The van der Waals surface area contributed by atoms with Gasteiger partial charge in [0.25, 0.3) is 23.6 Å². The number of hydrogen-bond donors (Lipinski definition) is 2. The molecule has 3 aromatic rings. The molecule has 3 saturated heterocycles. The molecule has 6 heterocycles. The van der Waals surface area contributed by atoms with Crippen molar-refractivity contribution >= 4 is 52.7 Å². The second kappa shape index (κ2) is 14.6. The van der Waals surface area contributed by atoms with Crippen molar-refractivity contribution in [3.05, 3.63) is 82.2 Å². The molecular formula is C40H38F3N7O8. The minimum absolute atomic E-state index is 0.0367. The number of alkyl halides is 3. The molecule has 1 aromatic heterocycles. The number of aromatic nitrogens is 1. The lowest BCUT2D eigenvalue weighted by atomic mass is 9.71. The number of rotatable bonds is 7. The van der Waals surface area contributed by atoms with Crippen LogP contribution in [-0.2, 0) is 27.1 Å². The predicted molar refractivity (Wildman–Crippen MR) is 198 cm³/mol. The monoisotopic (exact) mass is 801 g/mol. The van der Waals surface area contributed by atoms with Crippen LogP contribution >= 0.6 is 0 Å². The van der Waals surface area contributed by atoms with Gasteiger partial charge in [0, 0.05) is 44.7 Å². The first-order valence-corrected chi connectivity index (χ1v) is 18.9. The van der Waals surface area contributed by atoms with Gasteiger partial charge >= 0.3 is 6.18 Å². The number of pyridine rings is 1. The fourth-order valence-electron chi connectivity index (χ4n) is 8.68. The van der Waals surface area contributed by atoms with E-state index in [2.05, 4.69) is 20.5 Å². The molecule has 0 aliphatic carbocycles. The Morgan fingerprint density at radius 3 is 2.31 bits per heavy atom. The summed E-state index contributed by atoms with van der Waals surface area (Å²) in [5, 5.41) is 4.75. The Kier molecular flexibility index (Phi) is 9.67. The third kappa shape index (κ3) is 6.89. The lowest BCUT2D eigenvalue weighted by molar-refractivity contribution is -0.141. The first kappa shape index (κ1) is 38.5. The number of methoxy groups -OCH3 is 1. The lowest BCUT2D eigenvalue weighted by Crippen LogP contribution is -2.54. The van der Waals surface area contributed by atoms with Crippen LogP contribution in [-0.4, -0.2) is 107 Å². The molecule has 2 N–H and O–H groups in total. The number of halogens is 3. The van der Waals surface area contributed by atoms with E-state index in [4.69, 9.17) is 4.74 Å². The molecule has 18 heteroatoms. The van der Waals surface area contributed by atoms with Crippen LogP contribution in [0.4, 0.5) is 24.5 Å². The van der Waals surface area contributed by atoms with E-state index in [0.717, 1.165) is 48.8 Å². The third-order valence-electron chi connectivity index (χ3n) is 11.9. The number of amides is 7. The number of nitrogens with zero attached hydrogens (tertiary/aromatic N) is 5. The summed E-state index contributed by atoms with van der Waals surface area (Å²) in [5.41, 5.74) is 0.336. The van der Waals surface area contributed by atoms with Crippen molar-refractivity contribution in [1.82, 2.24) is 25.0 Å². The molecule has 1 atom stereocenters. The van der Waals surface area contributed by atoms with Gasteiger partial charge in [-0.25, -0.2) is 4.98 Å². The molecule has 3 fully saturated rings. The first-order chi connectivity index (χ1) is 27.7. The SMILES string of the molecule is COc1cc2c(cc1NC(=O)c1cccc(C(F)(F)F)n1)CN(CC(=O)N1CCC3(CC1)CCN(c1cccc4c1C(=O)N(C1CCC(=O)NC1=O)C4=O)CC3)C2=O. The maximum Gasteiger partial charge on any atom is 0.433 e. The van der Waals surface area contributed by atoms with Crippen molar-refractivity contribution in [2.75, 3.05) is 50.1 Å². The van der Waals surface area contributed by atoms with E-state index in [-0.39, 0.29) is 65.4 Å². The molecule has 302 valence electrons. The van der Waals surface area contributed by atoms with Crippen LogP contribution in [0.2, 0.25) is 0 Å². The standard InChI is InChI=1S/C40H38F3N7O8/c1-58-29-19-24-22(18-26(29)45-34(53)25-5-3-7-30(44-25)40(41,42)43)20-49(36(24)55)21-32(52)48-16-12-39(13-17-48)10-14-47(15-11-39)27-6-2-4-23-33(27)38(57)50(37(23)56)28-8-9-31(51)46-35(28)54/h2-7,18-19,28H,8-17,20-21H2,1H3,(H,45,53)(H,46,51,54). The van der Waals surface area contributed by atoms with Crippen LogP contribution in [0.3, 0.4) is 0 Å². The summed E-state index contributed by atoms with van der Waals surface area (Å²) < 4.78 is 44.9. The van der Waals surface area contributed by atoms with E-state index in [1.54, 1.807) is 23.1 Å². The number of fused-ring (bicyclic) bond motifs is 2. The van der Waals surface area contributed by atoms with E-state index in [0.29, 0.717) is 37.4 Å². The summed E-state index contributed by atoms with van der Waals surface area (Å²) in [4.78, 5) is 101. The van der Waals surface area contributed by atoms with Crippen molar-refractivity contribution in [2.45, 2.75) is 57.3 Å². The van der Waals surface area contributed by atoms with Gasteiger partial charge in [-0.2, -0.15) is 13.2 Å². The maximum absolute atomic E-state index is 13.7. The average molecular weight is 802 g/mol. The highest BCUT2D eigenvalue weighted by Crippen LogP contribution is 2.44. The number of ether oxygens (including phenoxy) is 1. The Hall–Kier alpha value is -6.33. The number of anilines is 2. The van der Waals surface area contributed by atoms with Crippen molar-refractivity contribution in [3.63, 3.8) is 0 Å². The topological polar surface area (TPSA) is 179 Å². The van der Waals surface area contributed by atoms with Crippen LogP contribution < -0.4 is 20.3 Å². The van der Waals surface area contributed by atoms with E-state index in [1.165, 1.54) is 24.1 Å². The zero-order chi connectivity index (χ0) is 41.1. The fourth-order valence-corrected chi connectivity index (χ4v) is 8.68. The van der Waals surface area contributed by atoms with Gasteiger partial charge < -0.3 is 24.8 Å². The Bertz CT molecular complexity index is 2280. The highest BCUT2D eigenvalue weighted by molar-refractivity contribution is 6.25. The van der Waals surface area contributed by atoms with Gasteiger partial charge in [-0.1, -0.05) is 12.1 Å². The molecule has 15 nitrogen and oxygen atoms in total. The minimum atomic E-state index is -4.73. The summed E-state index contributed by atoms with van der Waals surface area (Å²) in [6.45, 7) is 2.13. The zero-order valence-electron chi connectivity index (χ0n) is 31.3. The van der Waals surface area contributed by atoms with Crippen LogP contribution in [0.15, 0.2) is 48.5 Å². The lowest BCUT2D eigenvalue weighted by Gasteiger charge is -2.47. The third-order valence-corrected chi connectivity index (χ3v) is 11.9. The van der Waals surface area contributed by atoms with Crippen LogP contribution in [0.25, 0.3) is 0 Å². The quantitative estimate of drug-likeness (QED) is 0.336. The normalized spacial score (nSPS) is 20.3. The summed E-state index contributed by atoms with van der Waals surface area (Å²) in [5.74, 6) is -3.60. The zero-order valence-corrected chi connectivity index (χ0v) is 31.3. The number of benzene rings is 2. The number of piperidine rings is 3. The molecule has 58 heavy (non-hydrogen) atoms. The van der Waals surface area contributed by atoms with E-state index in [9.17, 15) is 46.7 Å². The van der Waals surface area contributed by atoms with Crippen LogP contribution in [0.5, 0.6) is 5.75 Å².